The molecule has 1 heterocycles. The van der Waals surface area contributed by atoms with Gasteiger partial charge in [0, 0.05) is 9.35 Å². The molecule has 0 radical (unpaired) electrons. The molecule has 2 aromatic rings. The Morgan fingerprint density at radius 2 is 2.12 bits per heavy atom. The molecule has 0 spiro atoms. The molecule has 0 aliphatic rings. The van der Waals surface area contributed by atoms with Crippen molar-refractivity contribution < 1.29 is 0 Å². The summed E-state index contributed by atoms with van der Waals surface area (Å²) in [7, 11) is 0. The fourth-order valence-corrected chi connectivity index (χ4v) is 2.97. The number of aryl methyl sites for hydroxylation is 1. The number of benzene rings is 1. The van der Waals surface area contributed by atoms with Gasteiger partial charge in [-0.25, -0.2) is 5.43 Å². The van der Waals surface area contributed by atoms with Gasteiger partial charge in [0.05, 0.1) is 6.04 Å². The highest BCUT2D eigenvalue weighted by atomic mass is 79.9. The summed E-state index contributed by atoms with van der Waals surface area (Å²) < 4.78 is 1.12. The molecule has 2 rings (SSSR count). The largest absolute Gasteiger partial charge is 0.271 e. The highest BCUT2D eigenvalue weighted by Gasteiger charge is 2.16. The minimum absolute atomic E-state index is 0.0503. The molecule has 16 heavy (non-hydrogen) atoms. The Balaban J connectivity index is 2.45. The zero-order valence-electron chi connectivity index (χ0n) is 8.91. The fraction of sp³-hybridized carbons (Fsp3) is 0.167. The Kier molecular flexibility index (Phi) is 3.76. The molecule has 1 atom stereocenters. The van der Waals surface area contributed by atoms with Crippen LogP contribution in [0.15, 0.2) is 40.2 Å². The van der Waals surface area contributed by atoms with Crippen LogP contribution >= 0.6 is 27.3 Å². The Bertz CT molecular complexity index is 468. The van der Waals surface area contributed by atoms with Crippen LogP contribution in [0.25, 0.3) is 0 Å². The lowest BCUT2D eigenvalue weighted by Crippen LogP contribution is -2.28. The number of thiophene rings is 1. The molecular formula is C12H13BrN2S. The van der Waals surface area contributed by atoms with Crippen molar-refractivity contribution >= 4 is 27.3 Å². The molecule has 1 aromatic carbocycles. The van der Waals surface area contributed by atoms with Crippen LogP contribution in [0.4, 0.5) is 0 Å². The van der Waals surface area contributed by atoms with E-state index in [9.17, 15) is 0 Å². The average molecular weight is 297 g/mol. The second-order valence-corrected chi connectivity index (χ2v) is 5.37. The molecule has 0 bridgehead atoms. The van der Waals surface area contributed by atoms with Crippen molar-refractivity contribution in [2.24, 2.45) is 5.84 Å². The van der Waals surface area contributed by atoms with Crippen LogP contribution in [-0.2, 0) is 0 Å². The molecule has 1 unspecified atom stereocenters. The standard InChI is InChI=1S/C12H13BrN2S/c1-8-4-2-5-9(11(8)13)12(15-14)10-6-3-7-16-10/h2-7,12,15H,14H2,1H3. The summed E-state index contributed by atoms with van der Waals surface area (Å²) in [6.45, 7) is 2.08. The molecule has 0 aliphatic carbocycles. The summed E-state index contributed by atoms with van der Waals surface area (Å²) in [5.41, 5.74) is 5.26. The minimum Gasteiger partial charge on any atom is -0.271 e. The van der Waals surface area contributed by atoms with Gasteiger partial charge in [-0.15, -0.1) is 11.3 Å². The van der Waals surface area contributed by atoms with Gasteiger partial charge in [0.25, 0.3) is 0 Å². The van der Waals surface area contributed by atoms with E-state index < -0.39 is 0 Å². The van der Waals surface area contributed by atoms with E-state index in [1.54, 1.807) is 11.3 Å². The Hall–Kier alpha value is -0.680. The van der Waals surface area contributed by atoms with Crippen LogP contribution < -0.4 is 11.3 Å². The van der Waals surface area contributed by atoms with Crippen molar-refractivity contribution in [1.82, 2.24) is 5.43 Å². The maximum Gasteiger partial charge on any atom is 0.0813 e. The highest BCUT2D eigenvalue weighted by Crippen LogP contribution is 2.32. The average Bonchev–Trinajstić information content (AvgIpc) is 2.79. The first-order chi connectivity index (χ1) is 7.74. The normalized spacial score (nSPS) is 12.7. The predicted molar refractivity (Wildman–Crippen MR) is 72.4 cm³/mol. The number of halogens is 1. The van der Waals surface area contributed by atoms with Gasteiger partial charge in [0.15, 0.2) is 0 Å². The Labute approximate surface area is 108 Å². The molecule has 0 saturated carbocycles. The quantitative estimate of drug-likeness (QED) is 0.673. The van der Waals surface area contributed by atoms with E-state index in [1.807, 2.05) is 12.1 Å². The van der Waals surface area contributed by atoms with E-state index >= 15 is 0 Å². The van der Waals surface area contributed by atoms with Crippen LogP contribution in [0.3, 0.4) is 0 Å². The van der Waals surface area contributed by atoms with Crippen LogP contribution in [0.1, 0.15) is 22.0 Å². The number of hydrogen-bond donors (Lipinski definition) is 2. The van der Waals surface area contributed by atoms with Crippen molar-refractivity contribution in [2.45, 2.75) is 13.0 Å². The van der Waals surface area contributed by atoms with Gasteiger partial charge in [-0.1, -0.05) is 40.2 Å². The maximum atomic E-state index is 5.65. The molecule has 0 amide bonds. The minimum atomic E-state index is 0.0503. The van der Waals surface area contributed by atoms with Gasteiger partial charge in [0.2, 0.25) is 0 Å². The topological polar surface area (TPSA) is 38.0 Å². The first kappa shape index (κ1) is 11.8. The van der Waals surface area contributed by atoms with E-state index in [-0.39, 0.29) is 6.04 Å². The summed E-state index contributed by atoms with van der Waals surface area (Å²) in [6, 6.07) is 10.4. The number of rotatable bonds is 3. The Morgan fingerprint density at radius 3 is 2.75 bits per heavy atom. The number of nitrogens with two attached hydrogens (primary N) is 1. The molecular weight excluding hydrogens is 284 g/mol. The van der Waals surface area contributed by atoms with Crippen LogP contribution in [0, 0.1) is 6.92 Å². The van der Waals surface area contributed by atoms with Gasteiger partial charge >= 0.3 is 0 Å². The van der Waals surface area contributed by atoms with E-state index in [0.717, 1.165) is 4.47 Å². The predicted octanol–water partition coefficient (Wildman–Crippen LogP) is 3.37. The van der Waals surface area contributed by atoms with Gasteiger partial charge in [-0.05, 0) is 29.5 Å². The third kappa shape index (κ3) is 2.20. The van der Waals surface area contributed by atoms with Gasteiger partial charge in [-0.2, -0.15) is 0 Å². The molecule has 0 aliphatic heterocycles. The first-order valence-electron chi connectivity index (χ1n) is 4.98. The monoisotopic (exact) mass is 296 g/mol. The maximum absolute atomic E-state index is 5.65. The lowest BCUT2D eigenvalue weighted by Gasteiger charge is -2.17. The zero-order valence-corrected chi connectivity index (χ0v) is 11.3. The lowest BCUT2D eigenvalue weighted by atomic mass is 10.0. The van der Waals surface area contributed by atoms with Crippen molar-refractivity contribution in [3.8, 4) is 0 Å². The van der Waals surface area contributed by atoms with Crippen molar-refractivity contribution in [3.05, 3.63) is 56.2 Å². The first-order valence-corrected chi connectivity index (χ1v) is 6.66. The highest BCUT2D eigenvalue weighted by molar-refractivity contribution is 9.10. The third-order valence-corrected chi connectivity index (χ3v) is 4.55. The second-order valence-electron chi connectivity index (χ2n) is 3.59. The molecule has 4 heteroatoms. The second kappa shape index (κ2) is 5.10. The molecule has 2 nitrogen and oxygen atoms in total. The van der Waals surface area contributed by atoms with E-state index in [2.05, 4.69) is 51.9 Å². The zero-order chi connectivity index (χ0) is 11.5. The van der Waals surface area contributed by atoms with Crippen LogP contribution in [0.2, 0.25) is 0 Å². The molecule has 3 N–H and O–H groups in total. The van der Waals surface area contributed by atoms with Crippen LogP contribution in [0.5, 0.6) is 0 Å². The molecule has 1 aromatic heterocycles. The summed E-state index contributed by atoms with van der Waals surface area (Å²) in [6.07, 6.45) is 0. The van der Waals surface area contributed by atoms with Crippen molar-refractivity contribution in [1.29, 1.82) is 0 Å². The summed E-state index contributed by atoms with van der Waals surface area (Å²) in [5, 5.41) is 2.06. The van der Waals surface area contributed by atoms with Gasteiger partial charge in [-0.3, -0.25) is 5.84 Å². The summed E-state index contributed by atoms with van der Waals surface area (Å²) in [4.78, 5) is 1.22. The van der Waals surface area contributed by atoms with Gasteiger partial charge in [0.1, 0.15) is 0 Å². The molecule has 84 valence electrons. The van der Waals surface area contributed by atoms with E-state index in [4.69, 9.17) is 5.84 Å². The number of hydrazine groups is 1. The third-order valence-electron chi connectivity index (χ3n) is 2.53. The lowest BCUT2D eigenvalue weighted by molar-refractivity contribution is 0.644. The Morgan fingerprint density at radius 1 is 1.31 bits per heavy atom. The number of nitrogens with one attached hydrogen (secondary N) is 1. The van der Waals surface area contributed by atoms with E-state index in [0.29, 0.717) is 0 Å². The summed E-state index contributed by atoms with van der Waals surface area (Å²) in [5.74, 6) is 5.65. The van der Waals surface area contributed by atoms with E-state index in [1.165, 1.54) is 16.0 Å². The van der Waals surface area contributed by atoms with Gasteiger partial charge < -0.3 is 0 Å². The van der Waals surface area contributed by atoms with Crippen molar-refractivity contribution in [3.63, 3.8) is 0 Å². The number of hydrogen-bond acceptors (Lipinski definition) is 3. The summed E-state index contributed by atoms with van der Waals surface area (Å²) >= 11 is 5.32. The fourth-order valence-electron chi connectivity index (χ4n) is 1.67. The molecule has 0 saturated heterocycles. The molecule has 0 fully saturated rings. The van der Waals surface area contributed by atoms with Crippen molar-refractivity contribution in [2.75, 3.05) is 0 Å². The SMILES string of the molecule is Cc1cccc(C(NN)c2cccs2)c1Br. The smallest absolute Gasteiger partial charge is 0.0813 e. The van der Waals surface area contributed by atoms with Crippen LogP contribution in [-0.4, -0.2) is 0 Å².